The molecule has 3 aliphatic rings. The van der Waals surface area contributed by atoms with Crippen LogP contribution in [-0.2, 0) is 4.79 Å². The molecule has 1 aliphatic carbocycles. The number of nitrogens with zero attached hydrogens (tertiary/aromatic N) is 1. The van der Waals surface area contributed by atoms with Crippen LogP contribution in [0, 0.1) is 10.8 Å². The van der Waals surface area contributed by atoms with Crippen LogP contribution in [0.4, 0.5) is 0 Å². The summed E-state index contributed by atoms with van der Waals surface area (Å²) in [6, 6.07) is 6.06. The topological polar surface area (TPSA) is 82.6 Å². The second-order valence-corrected chi connectivity index (χ2v) is 7.73. The van der Waals surface area contributed by atoms with Crippen molar-refractivity contribution in [1.29, 1.82) is 0 Å². The molecular formula is C22H26N4O2. The molecule has 2 heterocycles. The zero-order valence-electron chi connectivity index (χ0n) is 16.3. The van der Waals surface area contributed by atoms with Crippen LogP contribution in [0.3, 0.4) is 0 Å². The number of benzene rings is 1. The predicted molar refractivity (Wildman–Crippen MR) is 111 cm³/mol. The average Bonchev–Trinajstić information content (AvgIpc) is 3.54. The maximum absolute atomic E-state index is 12.0. The van der Waals surface area contributed by atoms with Gasteiger partial charge < -0.3 is 16.0 Å². The molecule has 1 unspecified atom stereocenters. The van der Waals surface area contributed by atoms with Crippen LogP contribution in [0.1, 0.15) is 38.7 Å². The molecule has 2 atom stereocenters. The Kier molecular flexibility index (Phi) is 5.03. The van der Waals surface area contributed by atoms with Crippen molar-refractivity contribution in [3.8, 4) is 0 Å². The summed E-state index contributed by atoms with van der Waals surface area (Å²) in [4.78, 5) is 23.0. The molecule has 0 bridgehead atoms. The van der Waals surface area contributed by atoms with Crippen molar-refractivity contribution in [2.45, 2.75) is 45.3 Å². The van der Waals surface area contributed by atoms with Crippen molar-refractivity contribution in [2.75, 3.05) is 6.54 Å². The number of rotatable bonds is 6. The third-order valence-electron chi connectivity index (χ3n) is 5.64. The van der Waals surface area contributed by atoms with E-state index in [2.05, 4.69) is 52.3 Å². The van der Waals surface area contributed by atoms with Crippen LogP contribution < -0.4 is 26.4 Å². The first-order valence-corrected chi connectivity index (χ1v) is 9.95. The molecule has 146 valence electrons. The fraction of sp³-hybridized carbons (Fsp3) is 0.409. The van der Waals surface area contributed by atoms with Crippen molar-refractivity contribution >= 4 is 23.8 Å². The lowest BCUT2D eigenvalue weighted by atomic mass is 9.94. The number of nitroso groups, excluding NO2 is 1. The Labute approximate surface area is 164 Å². The number of fused-ring (bicyclic) bond motifs is 1. The summed E-state index contributed by atoms with van der Waals surface area (Å²) in [7, 11) is 0. The number of hydrogen-bond acceptors (Lipinski definition) is 5. The van der Waals surface area contributed by atoms with Gasteiger partial charge in [-0.25, -0.2) is 0 Å². The standard InChI is InChI=1S/C22H26N4O2/c1-3-19(26-28)20-8-13(2)18(12-23-20)16-7-6-15-10-21(24-11-17(15)9-16)25-22(27)14-4-5-14/h6-11,14,19,21,23-24H,3-5,12H2,1-2H3,(H,25,27)/t19-,21?/m0/s1. The molecule has 2 aliphatic heterocycles. The molecule has 1 aromatic rings. The third kappa shape index (κ3) is 3.72. The number of carbonyl (C=O) groups is 1. The maximum Gasteiger partial charge on any atom is 0.224 e. The lowest BCUT2D eigenvalue weighted by Crippen LogP contribution is -2.48. The number of carbonyl (C=O) groups excluding carboxylic acids is 1. The Bertz CT molecular complexity index is 988. The summed E-state index contributed by atoms with van der Waals surface area (Å²) in [5.74, 6) is 0.335. The molecule has 28 heavy (non-hydrogen) atoms. The number of amides is 1. The Morgan fingerprint density at radius 2 is 2.14 bits per heavy atom. The number of nitrogens with one attached hydrogen (secondary N) is 3. The highest BCUT2D eigenvalue weighted by Crippen LogP contribution is 2.29. The van der Waals surface area contributed by atoms with E-state index in [1.54, 1.807) is 0 Å². The van der Waals surface area contributed by atoms with Gasteiger partial charge in [0.05, 0.1) is 0 Å². The summed E-state index contributed by atoms with van der Waals surface area (Å²) in [5, 5.41) is 15.1. The van der Waals surface area contributed by atoms with Crippen molar-refractivity contribution in [3.63, 3.8) is 0 Å². The van der Waals surface area contributed by atoms with Gasteiger partial charge >= 0.3 is 0 Å². The second kappa shape index (κ2) is 7.62. The molecule has 0 saturated heterocycles. The molecule has 6 nitrogen and oxygen atoms in total. The van der Waals surface area contributed by atoms with Gasteiger partial charge in [-0.2, -0.15) is 4.91 Å². The molecule has 1 aromatic carbocycles. The predicted octanol–water partition coefficient (Wildman–Crippen LogP) is 1.47. The molecule has 1 fully saturated rings. The zero-order valence-corrected chi connectivity index (χ0v) is 16.3. The van der Waals surface area contributed by atoms with E-state index in [0.29, 0.717) is 13.0 Å². The molecular weight excluding hydrogens is 352 g/mol. The van der Waals surface area contributed by atoms with E-state index in [4.69, 9.17) is 0 Å². The van der Waals surface area contributed by atoms with Gasteiger partial charge in [-0.1, -0.05) is 24.2 Å². The van der Waals surface area contributed by atoms with Gasteiger partial charge in [0, 0.05) is 24.4 Å². The van der Waals surface area contributed by atoms with E-state index < -0.39 is 0 Å². The van der Waals surface area contributed by atoms with E-state index >= 15 is 0 Å². The smallest absolute Gasteiger partial charge is 0.224 e. The summed E-state index contributed by atoms with van der Waals surface area (Å²) >= 11 is 0. The van der Waals surface area contributed by atoms with Gasteiger partial charge in [0.2, 0.25) is 5.91 Å². The quantitative estimate of drug-likeness (QED) is 0.655. The molecule has 0 spiro atoms. The van der Waals surface area contributed by atoms with E-state index in [1.165, 1.54) is 5.57 Å². The van der Waals surface area contributed by atoms with Crippen molar-refractivity contribution in [3.05, 3.63) is 56.5 Å². The van der Waals surface area contributed by atoms with Gasteiger partial charge in [-0.05, 0) is 71.6 Å². The molecule has 1 amide bonds. The van der Waals surface area contributed by atoms with Crippen LogP contribution in [-0.4, -0.2) is 24.7 Å². The number of hydrogen-bond donors (Lipinski definition) is 3. The highest BCUT2D eigenvalue weighted by atomic mass is 16.3. The van der Waals surface area contributed by atoms with E-state index in [-0.39, 0.29) is 24.0 Å². The molecule has 3 N–H and O–H groups in total. The Morgan fingerprint density at radius 3 is 2.82 bits per heavy atom. The maximum atomic E-state index is 12.0. The van der Waals surface area contributed by atoms with Crippen LogP contribution in [0.15, 0.2) is 40.7 Å². The summed E-state index contributed by atoms with van der Waals surface area (Å²) in [6.45, 7) is 4.72. The summed E-state index contributed by atoms with van der Waals surface area (Å²) in [6.07, 6.45) is 8.60. The minimum atomic E-state index is -0.310. The molecule has 6 heteroatoms. The first kappa shape index (κ1) is 18.5. The minimum Gasteiger partial charge on any atom is -0.382 e. The third-order valence-corrected chi connectivity index (χ3v) is 5.64. The van der Waals surface area contributed by atoms with Crippen LogP contribution in [0.2, 0.25) is 0 Å². The molecule has 0 radical (unpaired) electrons. The van der Waals surface area contributed by atoms with Gasteiger partial charge in [0.1, 0.15) is 12.2 Å². The van der Waals surface area contributed by atoms with E-state index in [9.17, 15) is 9.70 Å². The van der Waals surface area contributed by atoms with Crippen molar-refractivity contribution in [1.82, 2.24) is 16.0 Å². The SMILES string of the molecule is CC[C@H](N=O)C1=CC(C)=C(c2ccc3c(c2)=CNC(NC(=O)C2CC2)C=3)CN1. The van der Waals surface area contributed by atoms with E-state index in [1.807, 2.05) is 19.2 Å². The average molecular weight is 378 g/mol. The van der Waals surface area contributed by atoms with Gasteiger partial charge in [-0.15, -0.1) is 0 Å². The summed E-state index contributed by atoms with van der Waals surface area (Å²) < 4.78 is 0. The van der Waals surface area contributed by atoms with Crippen molar-refractivity contribution in [2.24, 2.45) is 11.1 Å². The summed E-state index contributed by atoms with van der Waals surface area (Å²) in [5.41, 5.74) is 4.41. The fourth-order valence-electron chi connectivity index (χ4n) is 3.74. The Balaban J connectivity index is 1.57. The van der Waals surface area contributed by atoms with Crippen molar-refractivity contribution < 1.29 is 4.79 Å². The molecule has 1 saturated carbocycles. The van der Waals surface area contributed by atoms with Gasteiger partial charge in [0.25, 0.3) is 0 Å². The fourth-order valence-corrected chi connectivity index (χ4v) is 3.74. The number of dihydropyridines is 1. The Hall–Kier alpha value is -2.89. The first-order chi connectivity index (χ1) is 13.6. The minimum absolute atomic E-state index is 0.133. The van der Waals surface area contributed by atoms with Crippen LogP contribution in [0.25, 0.3) is 17.8 Å². The first-order valence-electron chi connectivity index (χ1n) is 9.95. The zero-order chi connectivity index (χ0) is 19.7. The molecule has 0 aromatic heterocycles. The van der Waals surface area contributed by atoms with Gasteiger partial charge in [0.15, 0.2) is 0 Å². The normalized spacial score (nSPS) is 21.8. The lowest BCUT2D eigenvalue weighted by Gasteiger charge is -2.23. The Morgan fingerprint density at radius 1 is 1.32 bits per heavy atom. The highest BCUT2D eigenvalue weighted by Gasteiger charge is 2.30. The van der Waals surface area contributed by atoms with Crippen LogP contribution >= 0.6 is 0 Å². The number of allylic oxidation sites excluding steroid dienone is 2. The molecule has 4 rings (SSSR count). The second-order valence-electron chi connectivity index (χ2n) is 7.73. The lowest BCUT2D eigenvalue weighted by molar-refractivity contribution is -0.122. The van der Waals surface area contributed by atoms with Crippen LogP contribution in [0.5, 0.6) is 0 Å². The monoisotopic (exact) mass is 378 g/mol. The highest BCUT2D eigenvalue weighted by molar-refractivity contribution is 5.82. The van der Waals surface area contributed by atoms with Gasteiger partial charge in [-0.3, -0.25) is 4.79 Å². The van der Waals surface area contributed by atoms with E-state index in [0.717, 1.165) is 40.1 Å². The largest absolute Gasteiger partial charge is 0.382 e.